The Kier molecular flexibility index (Phi) is 8.56. The second kappa shape index (κ2) is 11.7. The second-order valence-corrected chi connectivity index (χ2v) is 12.5. The van der Waals surface area contributed by atoms with E-state index in [1.807, 2.05) is 13.8 Å². The molecule has 0 radical (unpaired) electrons. The van der Waals surface area contributed by atoms with Gasteiger partial charge in [0, 0.05) is 0 Å². The minimum absolute atomic E-state index is 0.180. The molecule has 7 atom stereocenters. The number of carbonyl (C=O) groups excluding carboxylic acids is 1. The van der Waals surface area contributed by atoms with Gasteiger partial charge in [-0.25, -0.2) is 14.1 Å². The molecule has 13 nitrogen and oxygen atoms in total. The number of aliphatic hydroxyl groups excluding tert-OH is 1. The molecule has 2 aliphatic rings. The van der Waals surface area contributed by atoms with Gasteiger partial charge in [-0.2, -0.15) is 10.2 Å². The molecule has 1 aromatic carbocycles. The monoisotopic (exact) mass is 623 g/mol. The van der Waals surface area contributed by atoms with Gasteiger partial charge < -0.3 is 29.9 Å². The third kappa shape index (κ3) is 5.17. The molecule has 0 spiro atoms. The highest BCUT2D eigenvalue weighted by Crippen LogP contribution is 2.68. The molecule has 5 rings (SSSR count). The number of nitrogens with two attached hydrogens (primary N) is 1. The largest absolute Gasteiger partial charge is 0.464 e. The molecule has 2 aromatic heterocycles. The summed E-state index contributed by atoms with van der Waals surface area (Å²) in [6.45, 7) is 5.69. The minimum atomic E-state index is -4.41. The van der Waals surface area contributed by atoms with Crippen LogP contribution in [0.25, 0.3) is 5.52 Å². The predicted octanol–water partition coefficient (Wildman–Crippen LogP) is 3.00. The highest BCUT2D eigenvalue weighted by molar-refractivity contribution is 7.52. The van der Waals surface area contributed by atoms with E-state index < -0.39 is 49.3 Å². The number of nitrogens with one attached hydrogen (secondary N) is 1. The number of anilines is 1. The van der Waals surface area contributed by atoms with Crippen LogP contribution in [-0.2, 0) is 23.4 Å². The molecule has 1 saturated carbocycles. The molecule has 3 aromatic rings. The standard InChI is InChI=1S/C27H35ClN5O8P/c1-4-17(5-2)13-38-24(35)16(3)32-42(37,40-18-9-7-6-8-10-18)41-25-26(14-28)27(25,36)22(34)21(39-26)19-11-12-20-23(29)30-15-31-33(19)20/h6-12,15-17,21-22,25,34,36H,4-5,13-14H2,1-3H3,(H,32,37)(H2,29,30,31)/t16-,21-,22-,25?,26+,27+,42?/m0/s1. The Bertz CT molecular complexity index is 1470. The Balaban J connectivity index is 1.38. The van der Waals surface area contributed by atoms with Gasteiger partial charge in [0.05, 0.1) is 18.2 Å². The first-order chi connectivity index (χ1) is 20.0. The van der Waals surface area contributed by atoms with E-state index in [-0.39, 0.29) is 30.0 Å². The SMILES string of the molecule is CCC(CC)COC(=O)[C@H](C)NP(=O)(Oc1ccccc1)OC1[C@@]2(CCl)O[C@@H](c3ccc4c(N)ncnn34)[C@H](O)[C@@]12O. The fraction of sp³-hybridized carbons (Fsp3) is 0.519. The van der Waals surface area contributed by atoms with E-state index in [1.54, 1.807) is 42.5 Å². The molecule has 0 bridgehead atoms. The van der Waals surface area contributed by atoms with Crippen LogP contribution in [0.5, 0.6) is 5.75 Å². The fourth-order valence-corrected chi connectivity index (χ4v) is 7.49. The van der Waals surface area contributed by atoms with Crippen molar-refractivity contribution in [3.05, 3.63) is 54.5 Å². The highest BCUT2D eigenvalue weighted by atomic mass is 35.5. The van der Waals surface area contributed by atoms with Crippen LogP contribution in [0.4, 0.5) is 5.82 Å². The first-order valence-corrected chi connectivity index (χ1v) is 15.8. The molecule has 2 unspecified atom stereocenters. The summed E-state index contributed by atoms with van der Waals surface area (Å²) in [5, 5.41) is 29.8. The zero-order chi connectivity index (χ0) is 30.3. The number of benzene rings is 1. The van der Waals surface area contributed by atoms with E-state index in [9.17, 15) is 19.6 Å². The van der Waals surface area contributed by atoms with Crippen molar-refractivity contribution in [1.82, 2.24) is 19.7 Å². The van der Waals surface area contributed by atoms with Gasteiger partial charge in [0.2, 0.25) is 0 Å². The van der Waals surface area contributed by atoms with Crippen LogP contribution in [0.1, 0.15) is 45.4 Å². The first kappa shape index (κ1) is 30.7. The molecule has 1 aliphatic heterocycles. The normalized spacial score (nSPS) is 28.8. The number of halogens is 1. The van der Waals surface area contributed by atoms with Crippen LogP contribution >= 0.6 is 19.3 Å². The lowest BCUT2D eigenvalue weighted by atomic mass is 10.0. The number of nitrogen functional groups attached to an aromatic ring is 1. The summed E-state index contributed by atoms with van der Waals surface area (Å²) in [4.78, 5) is 16.7. The number of carbonyl (C=O) groups is 1. The fourth-order valence-electron chi connectivity index (χ4n) is 5.32. The van der Waals surface area contributed by atoms with Gasteiger partial charge in [-0.3, -0.25) is 9.32 Å². The van der Waals surface area contributed by atoms with Crippen LogP contribution in [0, 0.1) is 5.92 Å². The minimum Gasteiger partial charge on any atom is -0.464 e. The lowest BCUT2D eigenvalue weighted by Gasteiger charge is -2.27. The maximum atomic E-state index is 14.2. The van der Waals surface area contributed by atoms with Gasteiger partial charge in [0.15, 0.2) is 11.4 Å². The lowest BCUT2D eigenvalue weighted by molar-refractivity contribution is -0.146. The van der Waals surface area contributed by atoms with E-state index in [0.717, 1.165) is 12.8 Å². The Hall–Kier alpha value is -2.77. The molecule has 42 heavy (non-hydrogen) atoms. The molecule has 1 aliphatic carbocycles. The Labute approximate surface area is 247 Å². The summed E-state index contributed by atoms with van der Waals surface area (Å²) >= 11 is 6.30. The Morgan fingerprint density at radius 3 is 2.62 bits per heavy atom. The number of fused-ring (bicyclic) bond motifs is 2. The van der Waals surface area contributed by atoms with Crippen LogP contribution in [0.3, 0.4) is 0 Å². The summed E-state index contributed by atoms with van der Waals surface area (Å²) in [5.74, 6) is -0.374. The van der Waals surface area contributed by atoms with Crippen molar-refractivity contribution in [2.75, 3.05) is 18.2 Å². The number of nitrogens with zero attached hydrogens (tertiary/aromatic N) is 3. The van der Waals surface area contributed by atoms with Gasteiger partial charge in [0.1, 0.15) is 47.5 Å². The molecule has 3 heterocycles. The van der Waals surface area contributed by atoms with E-state index >= 15 is 0 Å². The number of aliphatic hydroxyl groups is 2. The lowest BCUT2D eigenvalue weighted by Crippen LogP contribution is -2.38. The molecule has 2 fully saturated rings. The number of hydrogen-bond acceptors (Lipinski definition) is 11. The average Bonchev–Trinajstić information content (AvgIpc) is 3.23. The molecular formula is C27H35ClN5O8P. The topological polar surface area (TPSA) is 180 Å². The maximum Gasteiger partial charge on any atom is 0.459 e. The summed E-state index contributed by atoms with van der Waals surface area (Å²) in [6.07, 6.45) is -1.09. The van der Waals surface area contributed by atoms with E-state index in [0.29, 0.717) is 11.2 Å². The van der Waals surface area contributed by atoms with Crippen molar-refractivity contribution in [3.63, 3.8) is 0 Å². The summed E-state index contributed by atoms with van der Waals surface area (Å²) < 4.78 is 38.8. The predicted molar refractivity (Wildman–Crippen MR) is 153 cm³/mol. The molecule has 15 heteroatoms. The van der Waals surface area contributed by atoms with E-state index in [2.05, 4.69) is 15.2 Å². The number of ether oxygens (including phenoxy) is 2. The third-order valence-corrected chi connectivity index (χ3v) is 10.1. The number of aromatic nitrogens is 3. The molecule has 228 valence electrons. The summed E-state index contributed by atoms with van der Waals surface area (Å²) in [6, 6.07) is 10.4. The summed E-state index contributed by atoms with van der Waals surface area (Å²) in [7, 11) is -4.41. The zero-order valence-electron chi connectivity index (χ0n) is 23.4. The molecular weight excluding hydrogens is 589 g/mol. The van der Waals surface area contributed by atoms with Crippen molar-refractivity contribution < 1.29 is 38.1 Å². The van der Waals surface area contributed by atoms with Crippen molar-refractivity contribution in [2.45, 2.75) is 69.2 Å². The summed E-state index contributed by atoms with van der Waals surface area (Å²) in [5.41, 5.74) is 3.08. The maximum absolute atomic E-state index is 14.2. The van der Waals surface area contributed by atoms with Crippen molar-refractivity contribution >= 4 is 36.7 Å². The molecule has 0 amide bonds. The molecule has 5 N–H and O–H groups in total. The van der Waals surface area contributed by atoms with Crippen molar-refractivity contribution in [2.24, 2.45) is 5.92 Å². The average molecular weight is 624 g/mol. The number of alkyl halides is 1. The molecule has 1 saturated heterocycles. The van der Waals surface area contributed by atoms with Gasteiger partial charge in [-0.1, -0.05) is 44.9 Å². The van der Waals surface area contributed by atoms with Crippen LogP contribution in [-0.4, -0.2) is 72.7 Å². The number of hydrogen-bond donors (Lipinski definition) is 4. The second-order valence-electron chi connectivity index (χ2n) is 10.6. The zero-order valence-corrected chi connectivity index (χ0v) is 25.1. The number of esters is 1. The van der Waals surface area contributed by atoms with Gasteiger partial charge in [-0.05, 0) is 37.1 Å². The number of rotatable bonds is 13. The van der Waals surface area contributed by atoms with Gasteiger partial charge in [0.25, 0.3) is 0 Å². The van der Waals surface area contributed by atoms with E-state index in [4.69, 9.17) is 35.9 Å². The van der Waals surface area contributed by atoms with Crippen LogP contribution in [0.2, 0.25) is 0 Å². The Morgan fingerprint density at radius 2 is 1.98 bits per heavy atom. The van der Waals surface area contributed by atoms with E-state index in [1.165, 1.54) is 17.8 Å². The quantitative estimate of drug-likeness (QED) is 0.124. The van der Waals surface area contributed by atoms with Crippen LogP contribution in [0.15, 0.2) is 48.8 Å². The van der Waals surface area contributed by atoms with Crippen molar-refractivity contribution in [1.29, 1.82) is 0 Å². The van der Waals surface area contributed by atoms with Gasteiger partial charge >= 0.3 is 13.7 Å². The number of para-hydroxylation sites is 1. The van der Waals surface area contributed by atoms with Gasteiger partial charge in [-0.15, -0.1) is 11.6 Å². The van der Waals surface area contributed by atoms with Crippen molar-refractivity contribution in [3.8, 4) is 5.75 Å². The van der Waals surface area contributed by atoms with Crippen LogP contribution < -0.4 is 15.3 Å². The first-order valence-electron chi connectivity index (χ1n) is 13.7. The third-order valence-electron chi connectivity index (χ3n) is 8.03. The Morgan fingerprint density at radius 1 is 1.26 bits per heavy atom. The highest BCUT2D eigenvalue weighted by Gasteiger charge is 2.89. The smallest absolute Gasteiger partial charge is 0.459 e.